The topological polar surface area (TPSA) is 83.5 Å². The summed E-state index contributed by atoms with van der Waals surface area (Å²) in [5.74, 6) is -0.778. The zero-order chi connectivity index (χ0) is 19.8. The number of carbonyl (C=O) groups is 1. The molecule has 0 heterocycles. The Balaban J connectivity index is 0.00000392. The van der Waals surface area contributed by atoms with Gasteiger partial charge in [-0.3, -0.25) is 4.79 Å². The first-order valence-corrected chi connectivity index (χ1v) is 11.3. The number of halogens is 1. The monoisotopic (exact) mass is 437 g/mol. The summed E-state index contributed by atoms with van der Waals surface area (Å²) in [5, 5.41) is 9.16. The van der Waals surface area contributed by atoms with E-state index < -0.39 is 16.0 Å². The van der Waals surface area contributed by atoms with Gasteiger partial charge in [0, 0.05) is 18.0 Å². The van der Waals surface area contributed by atoms with Crippen LogP contribution in [0.25, 0.3) is 0 Å². The Kier molecular flexibility index (Phi) is 11.3. The molecule has 0 aromatic heterocycles. The summed E-state index contributed by atoms with van der Waals surface area (Å²) in [4.78, 5) is 10.7. The maximum atomic E-state index is 12.4. The molecule has 5 nitrogen and oxygen atoms in total. The molecular weight excluding hydrogens is 409 g/mol. The summed E-state index contributed by atoms with van der Waals surface area (Å²) in [5.41, 5.74) is 0.180. The van der Waals surface area contributed by atoms with Crippen LogP contribution in [0.15, 0.2) is 41.3 Å². The van der Waals surface area contributed by atoms with Crippen LogP contribution in [0.3, 0.4) is 0 Å². The average Bonchev–Trinajstić information content (AvgIpc) is 3.07. The van der Waals surface area contributed by atoms with Gasteiger partial charge in [-0.1, -0.05) is 36.6 Å². The van der Waals surface area contributed by atoms with Crippen molar-refractivity contribution in [2.75, 3.05) is 6.54 Å². The van der Waals surface area contributed by atoms with Crippen LogP contribution >= 0.6 is 11.6 Å². The molecule has 0 unspecified atom stereocenters. The third kappa shape index (κ3) is 8.56. The number of hydrogen-bond donors (Lipinski definition) is 2. The molecule has 0 aliphatic heterocycles. The van der Waals surface area contributed by atoms with Crippen LogP contribution < -0.4 is 4.72 Å². The van der Waals surface area contributed by atoms with Gasteiger partial charge in [0.25, 0.3) is 0 Å². The van der Waals surface area contributed by atoms with E-state index in [-0.39, 0.29) is 46.3 Å². The van der Waals surface area contributed by atoms with E-state index >= 15 is 0 Å². The van der Waals surface area contributed by atoms with Gasteiger partial charge in [-0.15, -0.1) is 0 Å². The van der Waals surface area contributed by atoms with Gasteiger partial charge < -0.3 is 5.11 Å². The van der Waals surface area contributed by atoms with Crippen molar-refractivity contribution in [2.45, 2.75) is 62.7 Å². The molecule has 0 spiro atoms. The predicted molar refractivity (Wildman–Crippen MR) is 115 cm³/mol. The van der Waals surface area contributed by atoms with E-state index in [1.807, 2.05) is 6.08 Å². The van der Waals surface area contributed by atoms with Gasteiger partial charge in [-0.2, -0.15) is 0 Å². The maximum absolute atomic E-state index is 12.4. The van der Waals surface area contributed by atoms with Crippen molar-refractivity contribution in [1.29, 1.82) is 0 Å². The molecule has 0 saturated heterocycles. The predicted octanol–water partition coefficient (Wildman–Crippen LogP) is 4.12. The van der Waals surface area contributed by atoms with E-state index in [0.717, 1.165) is 32.1 Å². The van der Waals surface area contributed by atoms with Gasteiger partial charge in [-0.05, 0) is 68.2 Å². The van der Waals surface area contributed by atoms with Gasteiger partial charge in [0.2, 0.25) is 10.0 Å². The first-order valence-electron chi connectivity index (χ1n) is 9.45. The molecule has 2 rings (SSSR count). The number of nitrogens with one attached hydrogen (secondary N) is 1. The first kappa shape index (κ1) is 25.7. The summed E-state index contributed by atoms with van der Waals surface area (Å²) < 4.78 is 27.5. The van der Waals surface area contributed by atoms with Crippen molar-refractivity contribution < 1.29 is 18.3 Å². The number of sulfonamides is 1. The molecule has 0 amide bonds. The molecule has 2 N–H and O–H groups in total. The molecular formula is C20H29ClNNaO4S. The molecule has 1 aromatic rings. The summed E-state index contributed by atoms with van der Waals surface area (Å²) in [6.07, 6.45) is 12.1. The third-order valence-electron chi connectivity index (χ3n) is 5.27. The quantitative estimate of drug-likeness (QED) is 0.403. The number of hydrogen-bond acceptors (Lipinski definition) is 3. The van der Waals surface area contributed by atoms with E-state index in [9.17, 15) is 13.2 Å². The van der Waals surface area contributed by atoms with Gasteiger partial charge in [-0.25, -0.2) is 13.1 Å². The van der Waals surface area contributed by atoms with E-state index in [1.165, 1.54) is 25.0 Å². The SMILES string of the molecule is O=C(O)CC/C=C\CCC1(CCNS(=O)(=O)c2ccc(Cl)cc2)CCCC1.[NaH]. The fraction of sp³-hybridized carbons (Fsp3) is 0.550. The molecule has 1 aliphatic rings. The van der Waals surface area contributed by atoms with Gasteiger partial charge in [0.15, 0.2) is 0 Å². The number of aliphatic carboxylic acids is 1. The molecule has 1 aromatic carbocycles. The van der Waals surface area contributed by atoms with Gasteiger partial charge >= 0.3 is 35.5 Å². The van der Waals surface area contributed by atoms with E-state index in [2.05, 4.69) is 10.8 Å². The Morgan fingerprint density at radius 3 is 2.32 bits per heavy atom. The van der Waals surface area contributed by atoms with Crippen molar-refractivity contribution in [1.82, 2.24) is 4.72 Å². The molecule has 1 saturated carbocycles. The Bertz CT molecular complexity index is 744. The fourth-order valence-corrected chi connectivity index (χ4v) is 4.89. The van der Waals surface area contributed by atoms with Crippen LogP contribution in [0.4, 0.5) is 0 Å². The van der Waals surface area contributed by atoms with E-state index in [1.54, 1.807) is 12.1 Å². The number of carboxylic acids is 1. The van der Waals surface area contributed by atoms with Crippen molar-refractivity contribution >= 4 is 57.2 Å². The molecule has 0 radical (unpaired) electrons. The van der Waals surface area contributed by atoms with Gasteiger partial charge in [0.05, 0.1) is 4.90 Å². The zero-order valence-electron chi connectivity index (χ0n) is 15.5. The Morgan fingerprint density at radius 1 is 1.11 bits per heavy atom. The van der Waals surface area contributed by atoms with Crippen LogP contribution in [0.1, 0.15) is 57.8 Å². The van der Waals surface area contributed by atoms with Crippen molar-refractivity contribution in [3.63, 3.8) is 0 Å². The summed E-state index contributed by atoms with van der Waals surface area (Å²) in [6, 6.07) is 6.17. The first-order chi connectivity index (χ1) is 12.8. The molecule has 0 atom stereocenters. The van der Waals surface area contributed by atoms with Crippen LogP contribution in [-0.2, 0) is 14.8 Å². The molecule has 152 valence electrons. The van der Waals surface area contributed by atoms with E-state index in [0.29, 0.717) is 18.0 Å². The number of carboxylic acid groups (broad SMARTS) is 1. The molecule has 1 aliphatic carbocycles. The fourth-order valence-electron chi connectivity index (χ4n) is 3.73. The van der Waals surface area contributed by atoms with Gasteiger partial charge in [0.1, 0.15) is 0 Å². The number of benzene rings is 1. The average molecular weight is 438 g/mol. The Morgan fingerprint density at radius 2 is 1.71 bits per heavy atom. The summed E-state index contributed by atoms with van der Waals surface area (Å²) in [6.45, 7) is 0.424. The second-order valence-electron chi connectivity index (χ2n) is 7.25. The Hall–Kier alpha value is -0.370. The summed E-state index contributed by atoms with van der Waals surface area (Å²) >= 11 is 5.82. The van der Waals surface area contributed by atoms with Crippen LogP contribution in [-0.4, -0.2) is 55.6 Å². The standard InChI is InChI=1S/C20H28ClNO4S.Na.H/c21-17-8-10-18(11-9-17)27(25,26)22-16-15-20(13-5-6-14-20)12-4-2-1-3-7-19(23)24;;/h1-2,8-11,22H,3-7,12-16H2,(H,23,24);;/b2-1-;;. The minimum absolute atomic E-state index is 0. The third-order valence-corrected chi connectivity index (χ3v) is 7.00. The Labute approximate surface area is 195 Å². The molecule has 8 heteroatoms. The number of rotatable bonds is 11. The van der Waals surface area contributed by atoms with Crippen LogP contribution in [0.5, 0.6) is 0 Å². The second-order valence-corrected chi connectivity index (χ2v) is 9.45. The normalized spacial score (nSPS) is 16.2. The van der Waals surface area contributed by atoms with Crippen LogP contribution in [0.2, 0.25) is 5.02 Å². The minimum atomic E-state index is -3.51. The van der Waals surface area contributed by atoms with E-state index in [4.69, 9.17) is 16.7 Å². The van der Waals surface area contributed by atoms with Crippen molar-refractivity contribution in [3.05, 3.63) is 41.4 Å². The summed E-state index contributed by atoms with van der Waals surface area (Å²) in [7, 11) is -3.51. The van der Waals surface area contributed by atoms with Crippen molar-refractivity contribution in [3.8, 4) is 0 Å². The van der Waals surface area contributed by atoms with Crippen LogP contribution in [0, 0.1) is 5.41 Å². The zero-order valence-corrected chi connectivity index (χ0v) is 17.1. The number of allylic oxidation sites excluding steroid dienone is 2. The molecule has 1 fully saturated rings. The van der Waals surface area contributed by atoms with Crippen molar-refractivity contribution in [2.24, 2.45) is 5.41 Å². The second kappa shape index (κ2) is 12.4. The molecule has 0 bridgehead atoms. The molecule has 28 heavy (non-hydrogen) atoms.